The van der Waals surface area contributed by atoms with Crippen molar-refractivity contribution < 1.29 is 4.79 Å². The minimum Gasteiger partial charge on any atom is -0.326 e. The number of guanidine groups is 1. The Kier molecular flexibility index (Phi) is 8.15. The van der Waals surface area contributed by atoms with Crippen LogP contribution >= 0.6 is 0 Å². The highest BCUT2D eigenvalue weighted by Gasteiger charge is 2.16. The van der Waals surface area contributed by atoms with Crippen molar-refractivity contribution in [1.29, 1.82) is 0 Å². The van der Waals surface area contributed by atoms with Gasteiger partial charge in [0.15, 0.2) is 0 Å². The minimum atomic E-state index is -0.201. The summed E-state index contributed by atoms with van der Waals surface area (Å²) < 4.78 is 1.98. The first kappa shape index (κ1) is 26.2. The van der Waals surface area contributed by atoms with Gasteiger partial charge < -0.3 is 5.32 Å². The summed E-state index contributed by atoms with van der Waals surface area (Å²) in [6.45, 7) is 18.2. The van der Waals surface area contributed by atoms with E-state index in [4.69, 9.17) is 4.99 Å². The SMILES string of the molecule is CCn1nc(C)c(CN=C(NC(=O)c2ccc(C(C)(C)C)cc2)Nc2ccc(C(C)C)cc2)c1C. The average molecular weight is 474 g/mol. The highest BCUT2D eigenvalue weighted by atomic mass is 16.1. The lowest BCUT2D eigenvalue weighted by molar-refractivity contribution is 0.0977. The number of hydrogen-bond donors (Lipinski definition) is 2. The van der Waals surface area contributed by atoms with E-state index in [-0.39, 0.29) is 11.3 Å². The van der Waals surface area contributed by atoms with E-state index in [1.165, 1.54) is 11.1 Å². The molecule has 0 atom stereocenters. The van der Waals surface area contributed by atoms with Gasteiger partial charge in [-0.15, -0.1) is 0 Å². The van der Waals surface area contributed by atoms with Gasteiger partial charge in [0.25, 0.3) is 5.91 Å². The second-order valence-corrected chi connectivity index (χ2v) is 10.3. The number of carbonyl (C=O) groups is 1. The molecule has 0 spiro atoms. The fourth-order valence-corrected chi connectivity index (χ4v) is 3.93. The lowest BCUT2D eigenvalue weighted by Gasteiger charge is -2.19. The van der Waals surface area contributed by atoms with Gasteiger partial charge in [0.1, 0.15) is 0 Å². The van der Waals surface area contributed by atoms with Crippen LogP contribution in [0.2, 0.25) is 0 Å². The van der Waals surface area contributed by atoms with Crippen LogP contribution in [0.15, 0.2) is 53.5 Å². The van der Waals surface area contributed by atoms with E-state index in [2.05, 4.69) is 76.3 Å². The Hall–Kier alpha value is -3.41. The van der Waals surface area contributed by atoms with Gasteiger partial charge in [-0.25, -0.2) is 4.99 Å². The molecule has 186 valence electrons. The molecule has 3 aromatic rings. The second kappa shape index (κ2) is 10.9. The first-order chi connectivity index (χ1) is 16.5. The molecular formula is C29H39N5O. The molecule has 1 heterocycles. The van der Waals surface area contributed by atoms with Crippen molar-refractivity contribution in [3.05, 3.63) is 82.2 Å². The van der Waals surface area contributed by atoms with Crippen LogP contribution in [0.25, 0.3) is 0 Å². The maximum absolute atomic E-state index is 13.1. The second-order valence-electron chi connectivity index (χ2n) is 10.3. The molecular weight excluding hydrogens is 434 g/mol. The van der Waals surface area contributed by atoms with Crippen molar-refractivity contribution in [3.8, 4) is 0 Å². The van der Waals surface area contributed by atoms with Gasteiger partial charge in [-0.2, -0.15) is 5.10 Å². The number of nitrogens with zero attached hydrogens (tertiary/aromatic N) is 3. The van der Waals surface area contributed by atoms with Crippen molar-refractivity contribution >= 4 is 17.6 Å². The molecule has 0 saturated heterocycles. The monoisotopic (exact) mass is 473 g/mol. The maximum atomic E-state index is 13.1. The molecule has 0 aliphatic heterocycles. The summed E-state index contributed by atoms with van der Waals surface area (Å²) in [5.74, 6) is 0.664. The summed E-state index contributed by atoms with van der Waals surface area (Å²) >= 11 is 0. The third-order valence-electron chi connectivity index (χ3n) is 6.31. The summed E-state index contributed by atoms with van der Waals surface area (Å²) in [4.78, 5) is 17.9. The van der Waals surface area contributed by atoms with Gasteiger partial charge in [-0.3, -0.25) is 14.8 Å². The topological polar surface area (TPSA) is 71.3 Å². The number of nitrogens with one attached hydrogen (secondary N) is 2. The summed E-state index contributed by atoms with van der Waals surface area (Å²) in [5.41, 5.74) is 7.06. The quantitative estimate of drug-likeness (QED) is 0.324. The summed E-state index contributed by atoms with van der Waals surface area (Å²) in [6.07, 6.45) is 0. The molecule has 6 heteroatoms. The van der Waals surface area contributed by atoms with Crippen molar-refractivity contribution in [2.45, 2.75) is 79.8 Å². The summed E-state index contributed by atoms with van der Waals surface area (Å²) in [7, 11) is 0. The zero-order chi connectivity index (χ0) is 25.8. The van der Waals surface area contributed by atoms with Crippen molar-refractivity contribution in [3.63, 3.8) is 0 Å². The normalized spacial score (nSPS) is 12.2. The number of aromatic nitrogens is 2. The van der Waals surface area contributed by atoms with E-state index in [0.29, 0.717) is 24.0 Å². The number of benzene rings is 2. The Labute approximate surface area is 209 Å². The molecule has 35 heavy (non-hydrogen) atoms. The van der Waals surface area contributed by atoms with Crippen molar-refractivity contribution in [2.24, 2.45) is 4.99 Å². The zero-order valence-corrected chi connectivity index (χ0v) is 22.4. The van der Waals surface area contributed by atoms with Crippen LogP contribution in [0, 0.1) is 13.8 Å². The van der Waals surface area contributed by atoms with Crippen LogP contribution < -0.4 is 10.6 Å². The van der Waals surface area contributed by atoms with Crippen LogP contribution in [0.5, 0.6) is 0 Å². The van der Waals surface area contributed by atoms with E-state index in [9.17, 15) is 4.79 Å². The van der Waals surface area contributed by atoms with E-state index in [1.54, 1.807) is 0 Å². The number of hydrogen-bond acceptors (Lipinski definition) is 3. The number of amides is 1. The Bertz CT molecular complexity index is 1180. The lowest BCUT2D eigenvalue weighted by Crippen LogP contribution is -2.36. The smallest absolute Gasteiger partial charge is 0.257 e. The maximum Gasteiger partial charge on any atom is 0.257 e. The Morgan fingerprint density at radius 1 is 1.03 bits per heavy atom. The lowest BCUT2D eigenvalue weighted by atomic mass is 9.87. The highest BCUT2D eigenvalue weighted by molar-refractivity contribution is 6.10. The molecule has 1 aromatic heterocycles. The molecule has 0 unspecified atom stereocenters. The number of aryl methyl sites for hydroxylation is 2. The Morgan fingerprint density at radius 2 is 1.66 bits per heavy atom. The summed E-state index contributed by atoms with van der Waals surface area (Å²) in [6, 6.07) is 16.0. The van der Waals surface area contributed by atoms with Crippen molar-refractivity contribution in [2.75, 3.05) is 5.32 Å². The largest absolute Gasteiger partial charge is 0.326 e. The molecule has 0 fully saturated rings. The van der Waals surface area contributed by atoms with Crippen LogP contribution in [-0.4, -0.2) is 21.6 Å². The molecule has 2 N–H and O–H groups in total. The third-order valence-corrected chi connectivity index (χ3v) is 6.31. The number of anilines is 1. The van der Waals surface area contributed by atoms with Crippen LogP contribution in [0.4, 0.5) is 5.69 Å². The zero-order valence-electron chi connectivity index (χ0n) is 22.4. The van der Waals surface area contributed by atoms with E-state index in [0.717, 1.165) is 29.2 Å². The van der Waals surface area contributed by atoms with E-state index < -0.39 is 0 Å². The molecule has 0 radical (unpaired) electrons. The van der Waals surface area contributed by atoms with Crippen molar-refractivity contribution in [1.82, 2.24) is 15.1 Å². The number of aliphatic imine (C=N–C) groups is 1. The molecule has 0 aliphatic rings. The third kappa shape index (κ3) is 6.59. The fraction of sp³-hybridized carbons (Fsp3) is 0.414. The van der Waals surface area contributed by atoms with E-state index >= 15 is 0 Å². The van der Waals surface area contributed by atoms with Gasteiger partial charge in [0.2, 0.25) is 5.96 Å². The van der Waals surface area contributed by atoms with Crippen LogP contribution in [0.1, 0.15) is 85.9 Å². The highest BCUT2D eigenvalue weighted by Crippen LogP contribution is 2.22. The molecule has 3 rings (SSSR count). The minimum absolute atomic E-state index is 0.0317. The molecule has 6 nitrogen and oxygen atoms in total. The average Bonchev–Trinajstić information content (AvgIpc) is 3.09. The molecule has 0 bridgehead atoms. The fourth-order valence-electron chi connectivity index (χ4n) is 3.93. The summed E-state index contributed by atoms with van der Waals surface area (Å²) in [5, 5.41) is 10.9. The van der Waals surface area contributed by atoms with Crippen LogP contribution in [0.3, 0.4) is 0 Å². The Balaban J connectivity index is 1.86. The van der Waals surface area contributed by atoms with Gasteiger partial charge in [0, 0.05) is 29.1 Å². The van der Waals surface area contributed by atoms with E-state index in [1.807, 2.05) is 48.0 Å². The number of carbonyl (C=O) groups excluding carboxylic acids is 1. The first-order valence-corrected chi connectivity index (χ1v) is 12.4. The van der Waals surface area contributed by atoms with Gasteiger partial charge in [0.05, 0.1) is 12.2 Å². The molecule has 0 saturated carbocycles. The standard InChI is InChI=1S/C29H39N5O/c1-9-34-21(5)26(20(4)33-34)18-30-28(31-25-16-12-22(13-17-25)19(2)3)32-27(35)23-10-14-24(15-11-23)29(6,7)8/h10-17,19H,9,18H2,1-8H3,(H2,30,31,32,35). The van der Waals surface area contributed by atoms with Gasteiger partial charge >= 0.3 is 0 Å². The Morgan fingerprint density at radius 3 is 2.17 bits per heavy atom. The molecule has 0 aliphatic carbocycles. The first-order valence-electron chi connectivity index (χ1n) is 12.4. The van der Waals surface area contributed by atoms with Crippen LogP contribution in [-0.2, 0) is 18.5 Å². The predicted molar refractivity (Wildman–Crippen MR) is 145 cm³/mol. The number of rotatable bonds is 6. The predicted octanol–water partition coefficient (Wildman–Crippen LogP) is 6.34. The molecule has 2 aromatic carbocycles. The van der Waals surface area contributed by atoms with Gasteiger partial charge in [-0.1, -0.05) is 58.9 Å². The molecule has 1 amide bonds. The van der Waals surface area contributed by atoms with Gasteiger partial charge in [-0.05, 0) is 67.5 Å².